The molecule has 0 saturated carbocycles. The summed E-state index contributed by atoms with van der Waals surface area (Å²) in [6.45, 7) is 0. The zero-order valence-corrected chi connectivity index (χ0v) is 9.86. The fourth-order valence-corrected chi connectivity index (χ4v) is 0. The minimum atomic E-state index is 0. The Morgan fingerprint density at radius 1 is 0.556 bits per heavy atom. The van der Waals surface area contributed by atoms with Crippen molar-refractivity contribution in [3.8, 4) is 0 Å². The van der Waals surface area contributed by atoms with E-state index in [1.807, 2.05) is 0 Å². The zero-order chi connectivity index (χ0) is 0. The van der Waals surface area contributed by atoms with Crippen LogP contribution in [-0.4, -0.2) is 5.48 Å². The van der Waals surface area contributed by atoms with Gasteiger partial charge in [-0.15, -0.1) is 24.8 Å². The van der Waals surface area contributed by atoms with Crippen LogP contribution in [0.3, 0.4) is 0 Å². The molecule has 0 aliphatic heterocycles. The topological polar surface area (TPSA) is 102 Å². The van der Waals surface area contributed by atoms with Gasteiger partial charge in [-0.1, -0.05) is 0 Å². The van der Waals surface area contributed by atoms with Crippen molar-refractivity contribution in [3.05, 3.63) is 0 Å². The van der Waals surface area contributed by atoms with Gasteiger partial charge >= 0.3 is 19.5 Å². The van der Waals surface area contributed by atoms with Gasteiger partial charge in [0.15, 0.2) is 0 Å². The quantitative estimate of drug-likeness (QED) is 0.430. The number of hydrogen-bond acceptors (Lipinski definition) is 2. The van der Waals surface area contributed by atoms with Crippen LogP contribution in [0.1, 0.15) is 0 Å². The van der Waals surface area contributed by atoms with Crippen LogP contribution in [0.4, 0.5) is 0 Å². The van der Waals surface area contributed by atoms with Crippen LogP contribution in [0.5, 0.6) is 0 Å². The molecule has 0 atom stereocenters. The molecule has 0 aromatic heterocycles. The summed E-state index contributed by atoms with van der Waals surface area (Å²) in [4.78, 5) is 0. The molecular weight excluding hydrogens is 322 g/mol. The molecule has 0 bridgehead atoms. The average molecular weight is 332 g/mol. The van der Waals surface area contributed by atoms with Crippen molar-refractivity contribution in [2.24, 2.45) is 0 Å². The first-order valence-electron chi connectivity index (χ1n) is 0. The normalized spacial score (nSPS) is 0. The third kappa shape index (κ3) is 165. The monoisotopic (exact) mass is 331 g/mol. The molecule has 0 heterocycles. The summed E-state index contributed by atoms with van der Waals surface area (Å²) in [5, 5.41) is 0. The van der Waals surface area contributed by atoms with Crippen LogP contribution < -0.4 is 49.5 Å². The largest absolute Gasteiger partial charge is 3.00 e. The average Bonchev–Trinajstić information content (AvgIpc) is 0. The standard InChI is InChI=1S/5ClH.2H3N.H2O.Ru/h5*1H;2*1H3;1H2;/q;;;;;;;;+3/p-3. The summed E-state index contributed by atoms with van der Waals surface area (Å²) in [5.74, 6) is 0. The molecule has 0 aliphatic carbocycles. The van der Waals surface area contributed by atoms with Gasteiger partial charge in [-0.25, -0.2) is 0 Å². The Labute approximate surface area is 98.8 Å². The Morgan fingerprint density at radius 2 is 0.556 bits per heavy atom. The third-order valence-electron chi connectivity index (χ3n) is 0. The fraction of sp³-hybridized carbons (Fsp3) is 0. The molecule has 0 rings (SSSR count). The first-order chi connectivity index (χ1) is 0. The maximum Gasteiger partial charge on any atom is 3.00 e. The summed E-state index contributed by atoms with van der Waals surface area (Å²) in [6.07, 6.45) is 0. The summed E-state index contributed by atoms with van der Waals surface area (Å²) in [5.41, 5.74) is 0. The molecule has 0 saturated heterocycles. The van der Waals surface area contributed by atoms with Crippen molar-refractivity contribution in [1.29, 1.82) is 0 Å². The predicted octanol–water partition coefficient (Wildman–Crippen LogP) is -8.65. The molecule has 0 amide bonds. The second-order valence-corrected chi connectivity index (χ2v) is 0. The van der Waals surface area contributed by atoms with E-state index in [1.165, 1.54) is 0 Å². The Morgan fingerprint density at radius 3 is 0.556 bits per heavy atom. The molecule has 1 radical (unpaired) electrons. The van der Waals surface area contributed by atoms with Crippen LogP contribution in [-0.2, 0) is 19.5 Å². The smallest absolute Gasteiger partial charge is 1.00 e. The number of halogens is 5. The van der Waals surface area contributed by atoms with Gasteiger partial charge in [0, 0.05) is 0 Å². The summed E-state index contributed by atoms with van der Waals surface area (Å²) in [7, 11) is 0. The van der Waals surface area contributed by atoms with E-state index in [9.17, 15) is 0 Å². The van der Waals surface area contributed by atoms with Gasteiger partial charge in [-0.3, -0.25) is 0 Å². The zero-order valence-electron chi connectivity index (χ0n) is 4.22. The summed E-state index contributed by atoms with van der Waals surface area (Å²) >= 11 is 0. The second kappa shape index (κ2) is 209. The van der Waals surface area contributed by atoms with E-state index in [0.717, 1.165) is 0 Å². The first kappa shape index (κ1) is 284. The van der Waals surface area contributed by atoms with E-state index in [0.29, 0.717) is 0 Å². The van der Waals surface area contributed by atoms with Crippen LogP contribution in [0.15, 0.2) is 0 Å². The number of hydrogen-bond donors (Lipinski definition) is 2. The van der Waals surface area contributed by atoms with Crippen LogP contribution in [0.2, 0.25) is 0 Å². The van der Waals surface area contributed by atoms with Gasteiger partial charge in [-0.05, 0) is 0 Å². The molecule has 0 spiro atoms. The van der Waals surface area contributed by atoms with E-state index >= 15 is 0 Å². The van der Waals surface area contributed by atoms with E-state index < -0.39 is 0 Å². The van der Waals surface area contributed by atoms with Crippen molar-refractivity contribution in [2.45, 2.75) is 0 Å². The second-order valence-electron chi connectivity index (χ2n) is 0. The van der Waals surface area contributed by atoms with Crippen molar-refractivity contribution in [3.63, 3.8) is 0 Å². The molecule has 0 aromatic rings. The van der Waals surface area contributed by atoms with Crippen molar-refractivity contribution in [2.75, 3.05) is 0 Å². The molecule has 0 unspecified atom stereocenters. The molecule has 69 valence electrons. The van der Waals surface area contributed by atoms with Gasteiger partial charge < -0.3 is 55.0 Å². The Bertz CT molecular complexity index is 14.9. The minimum Gasteiger partial charge on any atom is -1.00 e. The predicted molar refractivity (Wildman–Crippen MR) is 28.2 cm³/mol. The third-order valence-corrected chi connectivity index (χ3v) is 0. The molecule has 0 aliphatic rings. The Balaban J connectivity index is 0. The molecule has 3 nitrogen and oxygen atoms in total. The van der Waals surface area contributed by atoms with Crippen LogP contribution >= 0.6 is 24.8 Å². The number of rotatable bonds is 0. The molecule has 9 heteroatoms. The fourth-order valence-electron chi connectivity index (χ4n) is 0. The molecule has 9 heavy (non-hydrogen) atoms. The van der Waals surface area contributed by atoms with Crippen molar-refractivity contribution >= 4 is 24.8 Å². The van der Waals surface area contributed by atoms with E-state index in [-0.39, 0.29) is 99.3 Å². The van der Waals surface area contributed by atoms with Crippen LogP contribution in [0.25, 0.3) is 0 Å². The Kier molecular flexibility index (Phi) is 6610. The maximum atomic E-state index is 0. The van der Waals surface area contributed by atoms with E-state index in [4.69, 9.17) is 0 Å². The van der Waals surface area contributed by atoms with Gasteiger partial charge in [0.05, 0.1) is 0 Å². The summed E-state index contributed by atoms with van der Waals surface area (Å²) in [6, 6.07) is 0. The molecule has 8 N–H and O–H groups in total. The minimum absolute atomic E-state index is 0. The van der Waals surface area contributed by atoms with Gasteiger partial charge in [-0.2, -0.15) is 0 Å². The molecule has 0 fully saturated rings. The molecular formula is H10Cl5N2ORu. The SMILES string of the molecule is Cl.Cl.N.N.O.[Cl-].[Cl-].[Cl-].[Ru+3]. The first-order valence-corrected chi connectivity index (χ1v) is 0. The Hall–Kier alpha value is 1.95. The van der Waals surface area contributed by atoms with Crippen molar-refractivity contribution in [1.82, 2.24) is 12.3 Å². The maximum absolute atomic E-state index is 0. The van der Waals surface area contributed by atoms with Gasteiger partial charge in [0.2, 0.25) is 0 Å². The summed E-state index contributed by atoms with van der Waals surface area (Å²) < 4.78 is 0. The van der Waals surface area contributed by atoms with Crippen molar-refractivity contribution < 1.29 is 62.2 Å². The van der Waals surface area contributed by atoms with Gasteiger partial charge in [0.1, 0.15) is 0 Å². The van der Waals surface area contributed by atoms with E-state index in [1.54, 1.807) is 0 Å². The van der Waals surface area contributed by atoms with Gasteiger partial charge in [0.25, 0.3) is 0 Å². The molecule has 0 aromatic carbocycles. The van der Waals surface area contributed by atoms with Crippen LogP contribution in [0, 0.1) is 0 Å². The van der Waals surface area contributed by atoms with E-state index in [2.05, 4.69) is 0 Å².